The van der Waals surface area contributed by atoms with Crippen LogP contribution in [-0.4, -0.2) is 18.3 Å². The smallest absolute Gasteiger partial charge is 0.122 e. The molecule has 94 valence electrons. The molecule has 3 heteroatoms. The molecule has 0 spiro atoms. The van der Waals surface area contributed by atoms with Crippen molar-refractivity contribution in [1.82, 2.24) is 0 Å². The number of benzene rings is 1. The summed E-state index contributed by atoms with van der Waals surface area (Å²) in [5.41, 5.74) is 7.70. The maximum Gasteiger partial charge on any atom is 0.122 e. The average Bonchev–Trinajstić information content (AvgIpc) is 2.13. The number of hydrogen-bond donors (Lipinski definition) is 1. The van der Waals surface area contributed by atoms with Gasteiger partial charge < -0.3 is 15.2 Å². The van der Waals surface area contributed by atoms with Gasteiger partial charge in [-0.1, -0.05) is 0 Å². The Morgan fingerprint density at radius 1 is 1.18 bits per heavy atom. The minimum absolute atomic E-state index is 0.231. The van der Waals surface area contributed by atoms with E-state index in [9.17, 15) is 0 Å². The summed E-state index contributed by atoms with van der Waals surface area (Å²) in [6.07, 6.45) is 2.66. The van der Waals surface area contributed by atoms with Crippen LogP contribution < -0.4 is 10.5 Å². The molecule has 1 fully saturated rings. The van der Waals surface area contributed by atoms with E-state index in [1.54, 1.807) is 0 Å². The van der Waals surface area contributed by atoms with Crippen molar-refractivity contribution in [1.29, 1.82) is 0 Å². The van der Waals surface area contributed by atoms with Crippen LogP contribution in [0.1, 0.15) is 32.3 Å². The highest BCUT2D eigenvalue weighted by Gasteiger charge is 2.25. The highest BCUT2D eigenvalue weighted by atomic mass is 16.5. The largest absolute Gasteiger partial charge is 0.490 e. The second-order valence-corrected chi connectivity index (χ2v) is 5.05. The third kappa shape index (κ3) is 3.37. The molecule has 3 nitrogen and oxygen atoms in total. The van der Waals surface area contributed by atoms with Gasteiger partial charge >= 0.3 is 0 Å². The van der Waals surface area contributed by atoms with Crippen LogP contribution in [0.25, 0.3) is 0 Å². The number of nitrogens with two attached hydrogens (primary N) is 1. The SMILES string of the molecule is Cc1cc(N)cc(OC2CC(C)OC(C)C2)c1. The van der Waals surface area contributed by atoms with Gasteiger partial charge in [-0.05, 0) is 38.5 Å². The molecule has 1 saturated heterocycles. The molecule has 17 heavy (non-hydrogen) atoms. The van der Waals surface area contributed by atoms with Crippen LogP contribution in [0.5, 0.6) is 5.75 Å². The van der Waals surface area contributed by atoms with Crippen molar-refractivity contribution in [3.8, 4) is 5.75 Å². The predicted molar refractivity (Wildman–Crippen MR) is 69.3 cm³/mol. The lowest BCUT2D eigenvalue weighted by molar-refractivity contribution is -0.0721. The normalized spacial score (nSPS) is 29.0. The first kappa shape index (κ1) is 12.2. The molecule has 1 aromatic rings. The molecule has 0 radical (unpaired) electrons. The lowest BCUT2D eigenvalue weighted by atomic mass is 10.0. The minimum Gasteiger partial charge on any atom is -0.490 e. The first-order valence-corrected chi connectivity index (χ1v) is 6.22. The van der Waals surface area contributed by atoms with Gasteiger partial charge in [0, 0.05) is 24.6 Å². The molecule has 2 rings (SSSR count). The van der Waals surface area contributed by atoms with E-state index in [0.717, 1.165) is 29.8 Å². The van der Waals surface area contributed by atoms with Gasteiger partial charge in [0.2, 0.25) is 0 Å². The van der Waals surface area contributed by atoms with Crippen molar-refractivity contribution >= 4 is 5.69 Å². The standard InChI is InChI=1S/C14H21NO2/c1-9-4-12(15)8-13(5-9)17-14-6-10(2)16-11(3)7-14/h4-5,8,10-11,14H,6-7,15H2,1-3H3. The summed E-state index contributed by atoms with van der Waals surface area (Å²) in [6, 6.07) is 5.86. The number of ether oxygens (including phenoxy) is 2. The predicted octanol–water partition coefficient (Wildman–Crippen LogP) is 2.91. The second-order valence-electron chi connectivity index (χ2n) is 5.05. The van der Waals surface area contributed by atoms with E-state index in [1.165, 1.54) is 0 Å². The summed E-state index contributed by atoms with van der Waals surface area (Å²) in [6.45, 7) is 6.21. The van der Waals surface area contributed by atoms with Crippen molar-refractivity contribution in [2.24, 2.45) is 0 Å². The summed E-state index contributed by atoms with van der Waals surface area (Å²) in [4.78, 5) is 0. The average molecular weight is 235 g/mol. The molecular formula is C14H21NO2. The van der Waals surface area contributed by atoms with Gasteiger partial charge in [-0.25, -0.2) is 0 Å². The molecule has 0 saturated carbocycles. The summed E-state index contributed by atoms with van der Waals surface area (Å²) >= 11 is 0. The van der Waals surface area contributed by atoms with E-state index in [4.69, 9.17) is 15.2 Å². The Morgan fingerprint density at radius 2 is 1.82 bits per heavy atom. The second kappa shape index (κ2) is 4.96. The molecule has 2 unspecified atom stereocenters. The summed E-state index contributed by atoms with van der Waals surface area (Å²) in [5, 5.41) is 0. The Hall–Kier alpha value is -1.22. The van der Waals surface area contributed by atoms with Gasteiger partial charge in [-0.2, -0.15) is 0 Å². The zero-order valence-electron chi connectivity index (χ0n) is 10.8. The van der Waals surface area contributed by atoms with E-state index in [1.807, 2.05) is 25.1 Å². The van der Waals surface area contributed by atoms with Gasteiger partial charge in [0.15, 0.2) is 0 Å². The lowest BCUT2D eigenvalue weighted by Gasteiger charge is -2.32. The Labute approximate surface area is 103 Å². The number of aryl methyl sites for hydroxylation is 1. The monoisotopic (exact) mass is 235 g/mol. The molecule has 1 aliphatic rings. The molecule has 1 aliphatic heterocycles. The summed E-state index contributed by atoms with van der Waals surface area (Å²) in [7, 11) is 0. The Bertz CT molecular complexity index is 362. The van der Waals surface area contributed by atoms with Crippen LogP contribution in [0.2, 0.25) is 0 Å². The molecule has 0 bridgehead atoms. The molecule has 2 N–H and O–H groups in total. The topological polar surface area (TPSA) is 44.5 Å². The highest BCUT2D eigenvalue weighted by Crippen LogP contribution is 2.26. The molecule has 0 aliphatic carbocycles. The third-order valence-corrected chi connectivity index (χ3v) is 3.03. The van der Waals surface area contributed by atoms with E-state index in [2.05, 4.69) is 13.8 Å². The van der Waals surface area contributed by atoms with E-state index < -0.39 is 0 Å². The van der Waals surface area contributed by atoms with E-state index >= 15 is 0 Å². The first-order chi connectivity index (χ1) is 8.02. The van der Waals surface area contributed by atoms with Crippen molar-refractivity contribution in [3.63, 3.8) is 0 Å². The Balaban J connectivity index is 2.04. The van der Waals surface area contributed by atoms with Gasteiger partial charge in [-0.15, -0.1) is 0 Å². The van der Waals surface area contributed by atoms with E-state index in [-0.39, 0.29) is 18.3 Å². The fourth-order valence-corrected chi connectivity index (χ4v) is 2.48. The fraction of sp³-hybridized carbons (Fsp3) is 0.571. The van der Waals surface area contributed by atoms with Crippen molar-refractivity contribution in [2.75, 3.05) is 5.73 Å². The maximum absolute atomic E-state index is 6.00. The highest BCUT2D eigenvalue weighted by molar-refractivity contribution is 5.47. The summed E-state index contributed by atoms with van der Waals surface area (Å²) in [5.74, 6) is 0.869. The number of rotatable bonds is 2. The molecule has 0 amide bonds. The number of hydrogen-bond acceptors (Lipinski definition) is 3. The zero-order chi connectivity index (χ0) is 12.4. The van der Waals surface area contributed by atoms with Gasteiger partial charge in [0.25, 0.3) is 0 Å². The van der Waals surface area contributed by atoms with Crippen LogP contribution in [0.15, 0.2) is 18.2 Å². The maximum atomic E-state index is 6.00. The van der Waals surface area contributed by atoms with Crippen molar-refractivity contribution in [2.45, 2.75) is 51.9 Å². The quantitative estimate of drug-likeness (QED) is 0.802. The van der Waals surface area contributed by atoms with Gasteiger partial charge in [0.05, 0.1) is 12.2 Å². The summed E-state index contributed by atoms with van der Waals surface area (Å²) < 4.78 is 11.7. The molecule has 1 aromatic carbocycles. The lowest BCUT2D eigenvalue weighted by Crippen LogP contribution is -2.35. The van der Waals surface area contributed by atoms with Crippen LogP contribution >= 0.6 is 0 Å². The van der Waals surface area contributed by atoms with Crippen LogP contribution in [0.4, 0.5) is 5.69 Å². The number of anilines is 1. The molecule has 1 heterocycles. The Morgan fingerprint density at radius 3 is 2.41 bits per heavy atom. The fourth-order valence-electron chi connectivity index (χ4n) is 2.48. The third-order valence-electron chi connectivity index (χ3n) is 3.03. The van der Waals surface area contributed by atoms with Gasteiger partial charge in [-0.3, -0.25) is 0 Å². The molecule has 2 atom stereocenters. The van der Waals surface area contributed by atoms with Gasteiger partial charge in [0.1, 0.15) is 11.9 Å². The van der Waals surface area contributed by atoms with Crippen LogP contribution in [-0.2, 0) is 4.74 Å². The number of nitrogen functional groups attached to an aromatic ring is 1. The van der Waals surface area contributed by atoms with Crippen molar-refractivity contribution in [3.05, 3.63) is 23.8 Å². The zero-order valence-corrected chi connectivity index (χ0v) is 10.8. The van der Waals surface area contributed by atoms with Crippen LogP contribution in [0.3, 0.4) is 0 Å². The van der Waals surface area contributed by atoms with Crippen LogP contribution in [0, 0.1) is 6.92 Å². The molecule has 0 aromatic heterocycles. The van der Waals surface area contributed by atoms with Crippen molar-refractivity contribution < 1.29 is 9.47 Å². The minimum atomic E-state index is 0.231. The van der Waals surface area contributed by atoms with E-state index in [0.29, 0.717) is 0 Å². The first-order valence-electron chi connectivity index (χ1n) is 6.22. The Kier molecular flexibility index (Phi) is 3.57. The molecular weight excluding hydrogens is 214 g/mol.